The molecule has 2 aromatic carbocycles. The summed E-state index contributed by atoms with van der Waals surface area (Å²) in [5, 5.41) is 3.58. The van der Waals surface area contributed by atoms with Gasteiger partial charge in [-0.3, -0.25) is 4.79 Å². The fraction of sp³-hybridized carbons (Fsp3) is 0.364. The average Bonchev–Trinajstić information content (AvgIpc) is 3.07. The normalized spacial score (nSPS) is 19.5. The van der Waals surface area contributed by atoms with E-state index in [0.29, 0.717) is 23.0 Å². The Hall–Kier alpha value is -2.38. The Morgan fingerprint density at radius 1 is 1.07 bits per heavy atom. The molecular formula is C22H24ClN3O3S. The zero-order valence-electron chi connectivity index (χ0n) is 16.8. The smallest absolute Gasteiger partial charge is 0.283 e. The van der Waals surface area contributed by atoms with Crippen molar-refractivity contribution in [2.24, 2.45) is 4.40 Å². The van der Waals surface area contributed by atoms with Crippen LogP contribution in [0, 0.1) is 0 Å². The molecule has 1 aliphatic carbocycles. The Balaban J connectivity index is 1.51. The zero-order chi connectivity index (χ0) is 21.4. The summed E-state index contributed by atoms with van der Waals surface area (Å²) in [5.41, 5.74) is 0.949. The number of halogens is 1. The summed E-state index contributed by atoms with van der Waals surface area (Å²) in [6.07, 6.45) is 4.11. The minimum Gasteiger partial charge on any atom is -0.362 e. The molecule has 30 heavy (non-hydrogen) atoms. The minimum atomic E-state index is -3.77. The standard InChI is InChI=1S/C22H24ClN3O3S/c1-26-15-2-4-20(26)25-30(28,29)19-11-9-18(10-12-19)24-21(27)22(13-3-14-22)16-5-7-17(23)8-6-16/h5-12H,2-4,13-15H2,1H3,(H,24,27)/b25-20+. The number of hydrogen-bond acceptors (Lipinski definition) is 3. The van der Waals surface area contributed by atoms with E-state index in [1.54, 1.807) is 24.3 Å². The lowest BCUT2D eigenvalue weighted by Crippen LogP contribution is -2.45. The van der Waals surface area contributed by atoms with Crippen LogP contribution in [-0.2, 0) is 20.2 Å². The Kier molecular flexibility index (Phi) is 5.59. The largest absolute Gasteiger partial charge is 0.362 e. The highest BCUT2D eigenvalue weighted by atomic mass is 35.5. The van der Waals surface area contributed by atoms with Gasteiger partial charge in [0, 0.05) is 30.7 Å². The van der Waals surface area contributed by atoms with Crippen LogP contribution in [-0.4, -0.2) is 38.7 Å². The van der Waals surface area contributed by atoms with Crippen LogP contribution >= 0.6 is 11.6 Å². The Labute approximate surface area is 182 Å². The lowest BCUT2D eigenvalue weighted by molar-refractivity contribution is -0.124. The van der Waals surface area contributed by atoms with Gasteiger partial charge in [0.05, 0.1) is 10.3 Å². The summed E-state index contributed by atoms with van der Waals surface area (Å²) < 4.78 is 29.1. The first-order valence-electron chi connectivity index (χ1n) is 10.0. The molecule has 1 saturated heterocycles. The van der Waals surface area contributed by atoms with Crippen molar-refractivity contribution in [3.05, 3.63) is 59.1 Å². The van der Waals surface area contributed by atoms with Gasteiger partial charge in [0.25, 0.3) is 10.0 Å². The molecule has 2 aliphatic rings. The van der Waals surface area contributed by atoms with Crippen molar-refractivity contribution in [1.82, 2.24) is 4.90 Å². The third kappa shape index (κ3) is 3.96. The van der Waals surface area contributed by atoms with Gasteiger partial charge in [0.1, 0.15) is 5.84 Å². The van der Waals surface area contributed by atoms with Gasteiger partial charge in [0.2, 0.25) is 5.91 Å². The van der Waals surface area contributed by atoms with Gasteiger partial charge in [-0.25, -0.2) is 0 Å². The number of carbonyl (C=O) groups excluding carboxylic acids is 1. The maximum absolute atomic E-state index is 13.1. The summed E-state index contributed by atoms with van der Waals surface area (Å²) in [7, 11) is -1.93. The first-order valence-corrected chi connectivity index (χ1v) is 11.8. The number of likely N-dealkylation sites (tertiary alicyclic amines) is 1. The lowest BCUT2D eigenvalue weighted by Gasteiger charge is -2.40. The van der Waals surface area contributed by atoms with Crippen molar-refractivity contribution in [2.75, 3.05) is 18.9 Å². The monoisotopic (exact) mass is 445 g/mol. The Morgan fingerprint density at radius 3 is 2.27 bits per heavy atom. The number of nitrogens with zero attached hydrogens (tertiary/aromatic N) is 2. The van der Waals surface area contributed by atoms with E-state index < -0.39 is 15.4 Å². The van der Waals surface area contributed by atoms with Gasteiger partial charge in [-0.2, -0.15) is 8.42 Å². The second-order valence-electron chi connectivity index (χ2n) is 7.93. The molecule has 1 heterocycles. The third-order valence-electron chi connectivity index (χ3n) is 6.01. The average molecular weight is 446 g/mol. The molecule has 158 valence electrons. The van der Waals surface area contributed by atoms with Crippen molar-refractivity contribution in [1.29, 1.82) is 0 Å². The van der Waals surface area contributed by atoms with Gasteiger partial charge in [0.15, 0.2) is 0 Å². The number of carbonyl (C=O) groups is 1. The molecule has 0 aromatic heterocycles. The van der Waals surface area contributed by atoms with E-state index >= 15 is 0 Å². The van der Waals surface area contributed by atoms with E-state index in [0.717, 1.165) is 37.8 Å². The molecule has 0 bridgehead atoms. The predicted molar refractivity (Wildman–Crippen MR) is 119 cm³/mol. The SMILES string of the molecule is CN1CCC/C1=N\S(=O)(=O)c1ccc(NC(=O)C2(c3ccc(Cl)cc3)CCC2)cc1. The van der Waals surface area contributed by atoms with E-state index in [9.17, 15) is 13.2 Å². The molecule has 1 amide bonds. The maximum atomic E-state index is 13.1. The minimum absolute atomic E-state index is 0.0838. The van der Waals surface area contributed by atoms with Crippen LogP contribution in [0.5, 0.6) is 0 Å². The molecule has 2 aromatic rings. The molecular weight excluding hydrogens is 422 g/mol. The van der Waals surface area contributed by atoms with Crippen molar-refractivity contribution in [3.8, 4) is 0 Å². The molecule has 0 atom stereocenters. The van der Waals surface area contributed by atoms with Crippen LogP contribution < -0.4 is 5.32 Å². The fourth-order valence-electron chi connectivity index (χ4n) is 4.01. The number of hydrogen-bond donors (Lipinski definition) is 1. The number of amides is 1. The third-order valence-corrected chi connectivity index (χ3v) is 7.58. The van der Waals surface area contributed by atoms with Crippen molar-refractivity contribution < 1.29 is 13.2 Å². The number of anilines is 1. The first kappa shape index (κ1) is 20.9. The van der Waals surface area contributed by atoms with Gasteiger partial charge in [-0.15, -0.1) is 4.40 Å². The van der Waals surface area contributed by atoms with E-state index in [4.69, 9.17) is 11.6 Å². The lowest BCUT2D eigenvalue weighted by atomic mass is 9.64. The Morgan fingerprint density at radius 2 is 1.73 bits per heavy atom. The maximum Gasteiger partial charge on any atom is 0.283 e. The fourth-order valence-corrected chi connectivity index (χ4v) is 5.23. The Bertz CT molecular complexity index is 1080. The molecule has 2 fully saturated rings. The van der Waals surface area contributed by atoms with Gasteiger partial charge in [-0.05, 0) is 61.2 Å². The number of nitrogens with one attached hydrogen (secondary N) is 1. The molecule has 4 rings (SSSR count). The molecule has 1 saturated carbocycles. The second-order valence-corrected chi connectivity index (χ2v) is 9.97. The highest BCUT2D eigenvalue weighted by molar-refractivity contribution is 7.90. The van der Waals surface area contributed by atoms with Gasteiger partial charge < -0.3 is 10.2 Å². The van der Waals surface area contributed by atoms with Crippen LogP contribution in [0.4, 0.5) is 5.69 Å². The number of rotatable bonds is 5. The first-order chi connectivity index (χ1) is 14.3. The number of amidine groups is 1. The van der Waals surface area contributed by atoms with Crippen LogP contribution in [0.2, 0.25) is 5.02 Å². The molecule has 1 N–H and O–H groups in total. The van der Waals surface area contributed by atoms with Crippen molar-refractivity contribution in [2.45, 2.75) is 42.4 Å². The van der Waals surface area contributed by atoms with Crippen molar-refractivity contribution in [3.63, 3.8) is 0 Å². The van der Waals surface area contributed by atoms with Crippen LogP contribution in [0.25, 0.3) is 0 Å². The number of sulfonamides is 1. The van der Waals surface area contributed by atoms with Gasteiger partial charge in [-0.1, -0.05) is 30.2 Å². The molecule has 0 unspecified atom stereocenters. The topological polar surface area (TPSA) is 78.8 Å². The molecule has 0 spiro atoms. The second kappa shape index (κ2) is 8.04. The molecule has 1 aliphatic heterocycles. The van der Waals surface area contributed by atoms with E-state index in [2.05, 4.69) is 9.71 Å². The molecule has 8 heteroatoms. The molecule has 0 radical (unpaired) electrons. The van der Waals surface area contributed by atoms with Crippen LogP contribution in [0.1, 0.15) is 37.7 Å². The summed E-state index contributed by atoms with van der Waals surface area (Å²) in [5.74, 6) is 0.502. The van der Waals surface area contributed by atoms with Gasteiger partial charge >= 0.3 is 0 Å². The highest BCUT2D eigenvalue weighted by Crippen LogP contribution is 2.44. The summed E-state index contributed by atoms with van der Waals surface area (Å²) >= 11 is 5.98. The summed E-state index contributed by atoms with van der Waals surface area (Å²) in [6.45, 7) is 0.814. The predicted octanol–water partition coefficient (Wildman–Crippen LogP) is 4.21. The highest BCUT2D eigenvalue weighted by Gasteiger charge is 2.45. The number of benzene rings is 2. The van der Waals surface area contributed by atoms with Crippen LogP contribution in [0.3, 0.4) is 0 Å². The van der Waals surface area contributed by atoms with E-state index in [1.165, 1.54) is 12.1 Å². The summed E-state index contributed by atoms with van der Waals surface area (Å²) in [4.78, 5) is 15.0. The zero-order valence-corrected chi connectivity index (χ0v) is 18.3. The van der Waals surface area contributed by atoms with Crippen LogP contribution in [0.15, 0.2) is 57.8 Å². The van der Waals surface area contributed by atoms with E-state index in [1.807, 2.05) is 24.1 Å². The quantitative estimate of drug-likeness (QED) is 0.747. The van der Waals surface area contributed by atoms with E-state index in [-0.39, 0.29) is 10.8 Å². The summed E-state index contributed by atoms with van der Waals surface area (Å²) in [6, 6.07) is 13.6. The van der Waals surface area contributed by atoms with Crippen molar-refractivity contribution >= 4 is 39.1 Å². The molecule has 6 nitrogen and oxygen atoms in total.